The second-order valence-corrected chi connectivity index (χ2v) is 8.38. The van der Waals surface area contributed by atoms with Crippen LogP contribution in [0.15, 0.2) is 56.7 Å². The highest BCUT2D eigenvalue weighted by molar-refractivity contribution is 9.10. The van der Waals surface area contributed by atoms with Crippen LogP contribution in [0.25, 0.3) is 0 Å². The smallest absolute Gasteiger partial charge is 0.0406 e. The van der Waals surface area contributed by atoms with Gasteiger partial charge < -0.3 is 5.32 Å². The van der Waals surface area contributed by atoms with Crippen LogP contribution in [0.5, 0.6) is 0 Å². The zero-order valence-corrected chi connectivity index (χ0v) is 15.6. The molecule has 0 bridgehead atoms. The maximum Gasteiger partial charge on any atom is 0.0406 e. The molecule has 0 aliphatic carbocycles. The Kier molecular flexibility index (Phi) is 5.78. The minimum atomic E-state index is 0.106. The van der Waals surface area contributed by atoms with Crippen molar-refractivity contribution >= 4 is 39.3 Å². The van der Waals surface area contributed by atoms with E-state index >= 15 is 0 Å². The zero-order chi connectivity index (χ0) is 15.5. The second kappa shape index (κ2) is 7.19. The van der Waals surface area contributed by atoms with E-state index in [0.717, 1.165) is 16.0 Å². The van der Waals surface area contributed by atoms with Crippen LogP contribution in [0.3, 0.4) is 0 Å². The standard InChI is InChI=1S/C17H19BrClNS/c1-17(2,3)20-11-12-4-5-13(18)10-16(12)21-15-8-6-14(19)7-9-15/h4-10,20H,11H2,1-3H3. The molecule has 21 heavy (non-hydrogen) atoms. The van der Waals surface area contributed by atoms with Gasteiger partial charge in [-0.2, -0.15) is 0 Å². The van der Waals surface area contributed by atoms with Crippen molar-refractivity contribution in [1.29, 1.82) is 0 Å². The fraction of sp³-hybridized carbons (Fsp3) is 0.294. The SMILES string of the molecule is CC(C)(C)NCc1ccc(Br)cc1Sc1ccc(Cl)cc1. The van der Waals surface area contributed by atoms with Gasteiger partial charge in [0.05, 0.1) is 0 Å². The third kappa shape index (κ3) is 5.67. The molecule has 0 atom stereocenters. The molecular formula is C17H19BrClNS. The molecule has 1 nitrogen and oxygen atoms in total. The maximum atomic E-state index is 5.94. The molecule has 0 unspecified atom stereocenters. The van der Waals surface area contributed by atoms with Gasteiger partial charge in [0.25, 0.3) is 0 Å². The van der Waals surface area contributed by atoms with Crippen LogP contribution < -0.4 is 5.32 Å². The molecule has 112 valence electrons. The third-order valence-corrected chi connectivity index (χ3v) is 4.73. The van der Waals surface area contributed by atoms with Crippen LogP contribution in [0, 0.1) is 0 Å². The van der Waals surface area contributed by atoms with Crippen molar-refractivity contribution in [1.82, 2.24) is 5.32 Å². The Hall–Kier alpha value is -0.480. The molecule has 0 saturated heterocycles. The summed E-state index contributed by atoms with van der Waals surface area (Å²) in [5, 5.41) is 4.31. The lowest BCUT2D eigenvalue weighted by molar-refractivity contribution is 0.422. The first-order valence-corrected chi connectivity index (χ1v) is 8.79. The van der Waals surface area contributed by atoms with Crippen LogP contribution in [-0.2, 0) is 6.54 Å². The van der Waals surface area contributed by atoms with Crippen molar-refractivity contribution in [3.8, 4) is 0 Å². The topological polar surface area (TPSA) is 12.0 Å². The number of hydrogen-bond acceptors (Lipinski definition) is 2. The quantitative estimate of drug-likeness (QED) is 0.679. The van der Waals surface area contributed by atoms with E-state index in [2.05, 4.69) is 72.3 Å². The summed E-state index contributed by atoms with van der Waals surface area (Å²) in [5.74, 6) is 0. The normalized spacial score (nSPS) is 11.7. The van der Waals surface area contributed by atoms with E-state index in [-0.39, 0.29) is 5.54 Å². The monoisotopic (exact) mass is 383 g/mol. The van der Waals surface area contributed by atoms with Crippen LogP contribution in [-0.4, -0.2) is 5.54 Å². The molecule has 0 saturated carbocycles. The highest BCUT2D eigenvalue weighted by atomic mass is 79.9. The Morgan fingerprint density at radius 2 is 1.76 bits per heavy atom. The number of halogens is 2. The van der Waals surface area contributed by atoms with E-state index in [1.807, 2.05) is 12.1 Å². The summed E-state index contributed by atoms with van der Waals surface area (Å²) in [4.78, 5) is 2.44. The van der Waals surface area contributed by atoms with E-state index < -0.39 is 0 Å². The molecule has 0 amide bonds. The van der Waals surface area contributed by atoms with Crippen LogP contribution >= 0.6 is 39.3 Å². The molecule has 0 aliphatic rings. The van der Waals surface area contributed by atoms with Gasteiger partial charge in [0.15, 0.2) is 0 Å². The molecule has 0 aromatic heterocycles. The van der Waals surface area contributed by atoms with Gasteiger partial charge in [0, 0.05) is 31.4 Å². The fourth-order valence-electron chi connectivity index (χ4n) is 1.76. The summed E-state index contributed by atoms with van der Waals surface area (Å²) in [6.45, 7) is 7.39. The van der Waals surface area contributed by atoms with Gasteiger partial charge in [-0.25, -0.2) is 0 Å². The first-order valence-electron chi connectivity index (χ1n) is 6.80. The first kappa shape index (κ1) is 16.9. The Bertz CT molecular complexity index is 605. The zero-order valence-electron chi connectivity index (χ0n) is 12.4. The van der Waals surface area contributed by atoms with Gasteiger partial charge in [0.1, 0.15) is 0 Å². The largest absolute Gasteiger partial charge is 0.308 e. The van der Waals surface area contributed by atoms with Crippen LogP contribution in [0.2, 0.25) is 5.02 Å². The molecule has 0 heterocycles. The molecule has 0 aliphatic heterocycles. The van der Waals surface area contributed by atoms with E-state index in [1.54, 1.807) is 11.8 Å². The minimum absolute atomic E-state index is 0.106. The van der Waals surface area contributed by atoms with Gasteiger partial charge in [-0.05, 0) is 62.7 Å². The van der Waals surface area contributed by atoms with Gasteiger partial charge in [-0.3, -0.25) is 0 Å². The van der Waals surface area contributed by atoms with Crippen molar-refractivity contribution in [2.45, 2.75) is 42.6 Å². The summed E-state index contributed by atoms with van der Waals surface area (Å²) >= 11 is 11.3. The number of benzene rings is 2. The van der Waals surface area contributed by atoms with Crippen molar-refractivity contribution in [3.63, 3.8) is 0 Å². The van der Waals surface area contributed by atoms with Crippen molar-refractivity contribution in [2.24, 2.45) is 0 Å². The van der Waals surface area contributed by atoms with E-state index in [4.69, 9.17) is 11.6 Å². The average molecular weight is 385 g/mol. The Labute approximate surface area is 144 Å². The van der Waals surface area contributed by atoms with Gasteiger partial charge in [-0.15, -0.1) is 0 Å². The molecule has 0 radical (unpaired) electrons. The summed E-state index contributed by atoms with van der Waals surface area (Å²) in [5.41, 5.74) is 1.41. The molecule has 2 rings (SSSR count). The summed E-state index contributed by atoms with van der Waals surface area (Å²) in [6.07, 6.45) is 0. The van der Waals surface area contributed by atoms with E-state index in [0.29, 0.717) is 0 Å². The van der Waals surface area contributed by atoms with Gasteiger partial charge in [0.2, 0.25) is 0 Å². The number of rotatable bonds is 4. The predicted molar refractivity (Wildman–Crippen MR) is 96.3 cm³/mol. The second-order valence-electron chi connectivity index (χ2n) is 5.91. The van der Waals surface area contributed by atoms with Gasteiger partial charge in [-0.1, -0.05) is 45.4 Å². The lowest BCUT2D eigenvalue weighted by Crippen LogP contribution is -2.35. The average Bonchev–Trinajstić information content (AvgIpc) is 2.39. The molecule has 2 aromatic carbocycles. The summed E-state index contributed by atoms with van der Waals surface area (Å²) < 4.78 is 1.10. The van der Waals surface area contributed by atoms with Crippen LogP contribution in [0.1, 0.15) is 26.3 Å². The molecule has 2 aromatic rings. The first-order chi connectivity index (χ1) is 9.83. The molecular weight excluding hydrogens is 366 g/mol. The minimum Gasteiger partial charge on any atom is -0.308 e. The van der Waals surface area contributed by atoms with E-state index in [9.17, 15) is 0 Å². The third-order valence-electron chi connectivity index (χ3n) is 2.88. The number of hydrogen-bond donors (Lipinski definition) is 1. The lowest BCUT2D eigenvalue weighted by atomic mass is 10.1. The highest BCUT2D eigenvalue weighted by Crippen LogP contribution is 2.33. The molecule has 0 spiro atoms. The predicted octanol–water partition coefficient (Wildman–Crippen LogP) is 6.14. The summed E-state index contributed by atoms with van der Waals surface area (Å²) in [6, 6.07) is 14.4. The lowest BCUT2D eigenvalue weighted by Gasteiger charge is -2.21. The Balaban J connectivity index is 2.20. The molecule has 0 fully saturated rings. The van der Waals surface area contributed by atoms with E-state index in [1.165, 1.54) is 15.4 Å². The van der Waals surface area contributed by atoms with Crippen LogP contribution in [0.4, 0.5) is 0 Å². The Morgan fingerprint density at radius 3 is 2.38 bits per heavy atom. The number of nitrogens with one attached hydrogen (secondary N) is 1. The fourth-order valence-corrected chi connectivity index (χ4v) is 3.38. The van der Waals surface area contributed by atoms with Crippen molar-refractivity contribution < 1.29 is 0 Å². The van der Waals surface area contributed by atoms with Gasteiger partial charge >= 0.3 is 0 Å². The molecule has 1 N–H and O–H groups in total. The maximum absolute atomic E-state index is 5.94. The van der Waals surface area contributed by atoms with Crippen molar-refractivity contribution in [3.05, 3.63) is 57.5 Å². The summed E-state index contributed by atoms with van der Waals surface area (Å²) in [7, 11) is 0. The molecule has 4 heteroatoms. The highest BCUT2D eigenvalue weighted by Gasteiger charge is 2.11. The Morgan fingerprint density at radius 1 is 1.10 bits per heavy atom. The van der Waals surface area contributed by atoms with Crippen molar-refractivity contribution in [2.75, 3.05) is 0 Å².